The van der Waals surface area contributed by atoms with Crippen molar-refractivity contribution in [2.45, 2.75) is 39.7 Å². The minimum absolute atomic E-state index is 0.142. The molecule has 0 aliphatic rings. The average Bonchev–Trinajstić information content (AvgIpc) is 2.69. The molecule has 0 aliphatic carbocycles. The number of pyridine rings is 1. The molecule has 2 rings (SSSR count). The first kappa shape index (κ1) is 23.4. The summed E-state index contributed by atoms with van der Waals surface area (Å²) in [5.74, 6) is -0.158. The lowest BCUT2D eigenvalue weighted by atomic mass is 10.1. The van der Waals surface area contributed by atoms with Gasteiger partial charge in [-0.15, -0.1) is 0 Å². The molecule has 31 heavy (non-hydrogen) atoms. The topological polar surface area (TPSA) is 123 Å². The van der Waals surface area contributed by atoms with Gasteiger partial charge in [-0.2, -0.15) is 0 Å². The van der Waals surface area contributed by atoms with E-state index in [9.17, 15) is 9.59 Å². The maximum Gasteiger partial charge on any atom is 0.340 e. The smallest absolute Gasteiger partial charge is 0.340 e. The second-order valence-electron chi connectivity index (χ2n) is 7.36. The first-order valence-corrected chi connectivity index (χ1v) is 9.58. The normalized spacial score (nSPS) is 11.3. The van der Waals surface area contributed by atoms with E-state index in [4.69, 9.17) is 19.7 Å². The Morgan fingerprint density at radius 3 is 2.52 bits per heavy atom. The van der Waals surface area contributed by atoms with Crippen LogP contribution in [0.15, 0.2) is 53.5 Å². The fourth-order valence-electron chi connectivity index (χ4n) is 2.47. The van der Waals surface area contributed by atoms with E-state index in [0.29, 0.717) is 17.1 Å². The molecule has 0 amide bonds. The zero-order chi connectivity index (χ0) is 22.9. The van der Waals surface area contributed by atoms with Crippen molar-refractivity contribution < 1.29 is 23.8 Å². The third-order valence-electron chi connectivity index (χ3n) is 3.66. The number of aromatic nitrogens is 1. The van der Waals surface area contributed by atoms with Crippen LogP contribution >= 0.6 is 0 Å². The molecule has 0 fully saturated rings. The highest BCUT2D eigenvalue weighted by atomic mass is 16.6. The third kappa shape index (κ3) is 7.83. The van der Waals surface area contributed by atoms with Crippen molar-refractivity contribution in [3.8, 4) is 11.5 Å². The van der Waals surface area contributed by atoms with E-state index < -0.39 is 11.6 Å². The molecule has 0 aliphatic heterocycles. The van der Waals surface area contributed by atoms with E-state index in [2.05, 4.69) is 15.0 Å². The molecular weight excluding hydrogens is 400 g/mol. The number of hydrogen-bond acceptors (Lipinski definition) is 7. The van der Waals surface area contributed by atoms with Crippen molar-refractivity contribution in [1.29, 1.82) is 0 Å². The molecule has 0 atom stereocenters. The number of azide groups is 1. The van der Waals surface area contributed by atoms with E-state index in [-0.39, 0.29) is 24.7 Å². The molecule has 2 aromatic rings. The lowest BCUT2D eigenvalue weighted by Crippen LogP contribution is -2.24. The molecule has 0 saturated heterocycles. The number of benzene rings is 1. The third-order valence-corrected chi connectivity index (χ3v) is 3.66. The molecule has 1 aromatic carbocycles. The minimum atomic E-state index is -0.749. The number of nitrogens with zero attached hydrogens (tertiary/aromatic N) is 4. The SMILES string of the molecule is CCOC(=O)/C(=C/c1cnccc1Oc1ccc(CC(=O)OC(C)(C)C)cc1)N=[N+]=[N-]. The van der Waals surface area contributed by atoms with Gasteiger partial charge in [0.1, 0.15) is 22.8 Å². The maximum absolute atomic E-state index is 12.0. The van der Waals surface area contributed by atoms with Gasteiger partial charge in [0, 0.05) is 22.9 Å². The molecular formula is C22H24N4O5. The van der Waals surface area contributed by atoms with Crippen molar-refractivity contribution in [3.05, 3.63) is 70.0 Å². The fourth-order valence-corrected chi connectivity index (χ4v) is 2.47. The van der Waals surface area contributed by atoms with E-state index >= 15 is 0 Å². The van der Waals surface area contributed by atoms with Crippen LogP contribution in [0.1, 0.15) is 38.8 Å². The van der Waals surface area contributed by atoms with Gasteiger partial charge in [-0.3, -0.25) is 9.78 Å². The molecule has 162 valence electrons. The number of hydrogen-bond donors (Lipinski definition) is 0. The largest absolute Gasteiger partial charge is 0.462 e. The monoisotopic (exact) mass is 424 g/mol. The zero-order valence-electron chi connectivity index (χ0n) is 17.9. The van der Waals surface area contributed by atoms with Crippen LogP contribution in [-0.4, -0.2) is 29.1 Å². The minimum Gasteiger partial charge on any atom is -0.462 e. The van der Waals surface area contributed by atoms with Crippen LogP contribution in [0.4, 0.5) is 0 Å². The van der Waals surface area contributed by atoms with Crippen LogP contribution in [0.3, 0.4) is 0 Å². The van der Waals surface area contributed by atoms with Crippen molar-refractivity contribution in [3.63, 3.8) is 0 Å². The highest BCUT2D eigenvalue weighted by Gasteiger charge is 2.16. The summed E-state index contributed by atoms with van der Waals surface area (Å²) >= 11 is 0. The molecule has 1 aromatic heterocycles. The van der Waals surface area contributed by atoms with Crippen molar-refractivity contribution >= 4 is 18.0 Å². The summed E-state index contributed by atoms with van der Waals surface area (Å²) in [7, 11) is 0. The first-order valence-electron chi connectivity index (χ1n) is 9.58. The molecule has 0 spiro atoms. The molecule has 0 radical (unpaired) electrons. The molecule has 1 heterocycles. The summed E-state index contributed by atoms with van der Waals surface area (Å²) in [5.41, 5.74) is 9.17. The van der Waals surface area contributed by atoms with Crippen LogP contribution in [-0.2, 0) is 25.5 Å². The van der Waals surface area contributed by atoms with Crippen molar-refractivity contribution in [2.75, 3.05) is 6.61 Å². The molecule has 0 bridgehead atoms. The predicted molar refractivity (Wildman–Crippen MR) is 114 cm³/mol. The Kier molecular flexibility index (Phi) is 8.16. The summed E-state index contributed by atoms with van der Waals surface area (Å²) < 4.78 is 16.1. The summed E-state index contributed by atoms with van der Waals surface area (Å²) in [6.07, 6.45) is 4.49. The van der Waals surface area contributed by atoms with Crippen LogP contribution < -0.4 is 4.74 Å². The average molecular weight is 424 g/mol. The molecule has 0 unspecified atom stereocenters. The predicted octanol–water partition coefficient (Wildman–Crippen LogP) is 4.97. The molecule has 9 nitrogen and oxygen atoms in total. The second-order valence-corrected chi connectivity index (χ2v) is 7.36. The number of ether oxygens (including phenoxy) is 3. The number of esters is 2. The number of carbonyl (C=O) groups is 2. The lowest BCUT2D eigenvalue weighted by molar-refractivity contribution is -0.154. The fraction of sp³-hybridized carbons (Fsp3) is 0.318. The van der Waals surface area contributed by atoms with Gasteiger partial charge in [-0.1, -0.05) is 17.2 Å². The number of carbonyl (C=O) groups excluding carboxylic acids is 2. The quantitative estimate of drug-likeness (QED) is 0.194. The first-order chi connectivity index (χ1) is 14.7. The highest BCUT2D eigenvalue weighted by Crippen LogP contribution is 2.27. The van der Waals surface area contributed by atoms with Gasteiger partial charge in [0.05, 0.1) is 13.0 Å². The van der Waals surface area contributed by atoms with Gasteiger partial charge in [-0.05, 0) is 63.1 Å². The summed E-state index contributed by atoms with van der Waals surface area (Å²) in [6.45, 7) is 7.24. The zero-order valence-corrected chi connectivity index (χ0v) is 17.9. The van der Waals surface area contributed by atoms with Crippen LogP contribution in [0.2, 0.25) is 0 Å². The van der Waals surface area contributed by atoms with E-state index in [1.807, 2.05) is 20.8 Å². The van der Waals surface area contributed by atoms with Crippen LogP contribution in [0.25, 0.3) is 16.5 Å². The Bertz CT molecular complexity index is 1000. The Morgan fingerprint density at radius 2 is 1.90 bits per heavy atom. The van der Waals surface area contributed by atoms with Gasteiger partial charge in [0.25, 0.3) is 0 Å². The summed E-state index contributed by atoms with van der Waals surface area (Å²) in [5, 5.41) is 3.39. The van der Waals surface area contributed by atoms with Crippen molar-refractivity contribution in [2.24, 2.45) is 5.11 Å². The molecule has 0 saturated carbocycles. The van der Waals surface area contributed by atoms with Crippen LogP contribution in [0.5, 0.6) is 11.5 Å². The van der Waals surface area contributed by atoms with Gasteiger partial charge in [0.2, 0.25) is 0 Å². The van der Waals surface area contributed by atoms with Gasteiger partial charge in [-0.25, -0.2) is 4.79 Å². The lowest BCUT2D eigenvalue weighted by Gasteiger charge is -2.19. The summed E-state index contributed by atoms with van der Waals surface area (Å²) in [4.78, 5) is 30.6. The number of rotatable bonds is 8. The van der Waals surface area contributed by atoms with Crippen LogP contribution in [0, 0.1) is 0 Å². The highest BCUT2D eigenvalue weighted by molar-refractivity contribution is 5.93. The van der Waals surface area contributed by atoms with E-state index in [1.165, 1.54) is 18.5 Å². The Hall–Kier alpha value is -3.84. The Labute approximate surface area is 180 Å². The van der Waals surface area contributed by atoms with E-state index in [1.54, 1.807) is 37.3 Å². The molecule has 0 N–H and O–H groups in total. The Balaban J connectivity index is 2.19. The molecule has 9 heteroatoms. The second kappa shape index (κ2) is 10.8. The van der Waals surface area contributed by atoms with Gasteiger partial charge in [0.15, 0.2) is 0 Å². The van der Waals surface area contributed by atoms with Gasteiger partial charge >= 0.3 is 11.9 Å². The van der Waals surface area contributed by atoms with Crippen molar-refractivity contribution in [1.82, 2.24) is 4.98 Å². The van der Waals surface area contributed by atoms with Gasteiger partial charge < -0.3 is 14.2 Å². The maximum atomic E-state index is 12.0. The standard InChI is InChI=1S/C22H24N4O5/c1-5-29-21(28)18(25-26-23)13-16-14-24-11-10-19(16)30-17-8-6-15(7-9-17)12-20(27)31-22(2,3)4/h6-11,13-14H,5,12H2,1-4H3/b18-13-. The summed E-state index contributed by atoms with van der Waals surface area (Å²) in [6, 6.07) is 8.57. The van der Waals surface area contributed by atoms with E-state index in [0.717, 1.165) is 5.56 Å². The Morgan fingerprint density at radius 1 is 1.19 bits per heavy atom.